The second-order valence-corrected chi connectivity index (χ2v) is 2.47. The molecule has 0 atom stereocenters. The Morgan fingerprint density at radius 2 is 2.40 bits per heavy atom. The molecule has 1 N–H and O–H groups in total. The van der Waals surface area contributed by atoms with Crippen LogP contribution < -0.4 is 5.48 Å². The highest BCUT2D eigenvalue weighted by Gasteiger charge is 1.95. The molecular weight excluding hydrogens is 198 g/mol. The highest BCUT2D eigenvalue weighted by Crippen LogP contribution is 1.85. The van der Waals surface area contributed by atoms with Gasteiger partial charge in [0, 0.05) is 0 Å². The summed E-state index contributed by atoms with van der Waals surface area (Å²) in [6.07, 6.45) is 0. The van der Waals surface area contributed by atoms with Crippen molar-refractivity contribution in [2.24, 2.45) is 0 Å². The second-order valence-electron chi connectivity index (χ2n) is 1.90. The van der Waals surface area contributed by atoms with Crippen molar-refractivity contribution < 1.29 is 9.63 Å². The molecule has 0 aromatic rings. The first-order valence-corrected chi connectivity index (χ1v) is 3.90. The van der Waals surface area contributed by atoms with Crippen LogP contribution in [-0.2, 0) is 9.63 Å². The Labute approximate surface area is 68.5 Å². The Kier molecular flexibility index (Phi) is 5.25. The van der Waals surface area contributed by atoms with Gasteiger partial charge in [0.2, 0.25) is 0 Å². The summed E-state index contributed by atoms with van der Waals surface area (Å²) in [5.74, 6) is -0.193. The minimum absolute atomic E-state index is 0.193. The number of alkyl halides is 1. The van der Waals surface area contributed by atoms with E-state index in [0.717, 1.165) is 5.57 Å². The molecule has 0 radical (unpaired) electrons. The first-order chi connectivity index (χ1) is 4.66. The molecule has 0 saturated heterocycles. The van der Waals surface area contributed by atoms with E-state index in [1.807, 2.05) is 6.92 Å². The van der Waals surface area contributed by atoms with Gasteiger partial charge in [-0.25, -0.2) is 5.48 Å². The fourth-order valence-corrected chi connectivity index (χ4v) is 0.382. The molecule has 0 saturated carbocycles. The number of carbonyl (C=O) groups excluding carboxylic acids is 1. The Morgan fingerprint density at radius 3 is 2.80 bits per heavy atom. The van der Waals surface area contributed by atoms with E-state index in [-0.39, 0.29) is 11.2 Å². The van der Waals surface area contributed by atoms with E-state index in [1.54, 1.807) is 0 Å². The SMILES string of the molecule is C=C(C)CONC(=O)CBr. The fraction of sp³-hybridized carbons (Fsp3) is 0.500. The lowest BCUT2D eigenvalue weighted by molar-refractivity contribution is -0.129. The average molecular weight is 208 g/mol. The van der Waals surface area contributed by atoms with Crippen LogP contribution in [0.4, 0.5) is 0 Å². The summed E-state index contributed by atoms with van der Waals surface area (Å²) in [6.45, 7) is 5.77. The summed E-state index contributed by atoms with van der Waals surface area (Å²) in [6, 6.07) is 0. The maximum absolute atomic E-state index is 10.5. The molecule has 1 amide bonds. The van der Waals surface area contributed by atoms with Crippen molar-refractivity contribution in [1.82, 2.24) is 5.48 Å². The number of carbonyl (C=O) groups is 1. The summed E-state index contributed by atoms with van der Waals surface area (Å²) in [5, 5.41) is 0.253. The Balaban J connectivity index is 3.20. The van der Waals surface area contributed by atoms with Gasteiger partial charge in [0.25, 0.3) is 5.91 Å². The molecule has 0 spiro atoms. The van der Waals surface area contributed by atoms with Crippen LogP contribution >= 0.6 is 15.9 Å². The molecule has 0 aromatic carbocycles. The smallest absolute Gasteiger partial charge is 0.254 e. The van der Waals surface area contributed by atoms with E-state index in [1.165, 1.54) is 0 Å². The van der Waals surface area contributed by atoms with Crippen molar-refractivity contribution in [2.75, 3.05) is 11.9 Å². The van der Waals surface area contributed by atoms with Gasteiger partial charge in [0.15, 0.2) is 0 Å². The summed E-state index contributed by atoms with van der Waals surface area (Å²) in [5.41, 5.74) is 3.09. The van der Waals surface area contributed by atoms with Gasteiger partial charge in [0.1, 0.15) is 0 Å². The molecule has 4 heteroatoms. The molecule has 0 rings (SSSR count). The van der Waals surface area contributed by atoms with Gasteiger partial charge < -0.3 is 0 Å². The number of amides is 1. The minimum Gasteiger partial charge on any atom is -0.272 e. The maximum Gasteiger partial charge on any atom is 0.254 e. The first-order valence-electron chi connectivity index (χ1n) is 2.77. The lowest BCUT2D eigenvalue weighted by Crippen LogP contribution is -2.25. The van der Waals surface area contributed by atoms with Crippen molar-refractivity contribution in [3.05, 3.63) is 12.2 Å². The average Bonchev–Trinajstić information content (AvgIpc) is 1.87. The quantitative estimate of drug-likeness (QED) is 0.425. The van der Waals surface area contributed by atoms with Crippen molar-refractivity contribution in [3.8, 4) is 0 Å². The van der Waals surface area contributed by atoms with Crippen LogP contribution in [0, 0.1) is 0 Å². The summed E-state index contributed by atoms with van der Waals surface area (Å²) in [7, 11) is 0. The van der Waals surface area contributed by atoms with Gasteiger partial charge in [-0.3, -0.25) is 9.63 Å². The molecule has 0 unspecified atom stereocenters. The third-order valence-corrected chi connectivity index (χ3v) is 1.14. The van der Waals surface area contributed by atoms with E-state index < -0.39 is 0 Å². The Hall–Kier alpha value is -0.350. The molecule has 0 aliphatic carbocycles. The van der Waals surface area contributed by atoms with Gasteiger partial charge >= 0.3 is 0 Å². The van der Waals surface area contributed by atoms with Gasteiger partial charge in [-0.2, -0.15) is 0 Å². The van der Waals surface area contributed by atoms with Gasteiger partial charge in [0.05, 0.1) is 11.9 Å². The third-order valence-electron chi connectivity index (χ3n) is 0.626. The molecule has 10 heavy (non-hydrogen) atoms. The largest absolute Gasteiger partial charge is 0.272 e. The first kappa shape index (κ1) is 9.65. The van der Waals surface area contributed by atoms with Crippen LogP contribution in [0.5, 0.6) is 0 Å². The molecule has 0 aliphatic rings. The lowest BCUT2D eigenvalue weighted by atomic mass is 10.4. The number of hydroxylamine groups is 1. The van der Waals surface area contributed by atoms with E-state index in [4.69, 9.17) is 4.84 Å². The highest BCUT2D eigenvalue weighted by molar-refractivity contribution is 9.09. The van der Waals surface area contributed by atoms with Crippen molar-refractivity contribution in [3.63, 3.8) is 0 Å². The maximum atomic E-state index is 10.5. The summed E-state index contributed by atoms with van der Waals surface area (Å²) < 4.78 is 0. The number of hydrogen-bond acceptors (Lipinski definition) is 2. The van der Waals surface area contributed by atoms with Crippen LogP contribution in [0.2, 0.25) is 0 Å². The van der Waals surface area contributed by atoms with Crippen LogP contribution in [0.1, 0.15) is 6.92 Å². The number of halogens is 1. The van der Waals surface area contributed by atoms with Gasteiger partial charge in [-0.1, -0.05) is 28.1 Å². The van der Waals surface area contributed by atoms with E-state index in [0.29, 0.717) is 6.61 Å². The third kappa shape index (κ3) is 5.78. The van der Waals surface area contributed by atoms with Crippen LogP contribution in [0.15, 0.2) is 12.2 Å². The number of hydrogen-bond donors (Lipinski definition) is 1. The van der Waals surface area contributed by atoms with Gasteiger partial charge in [-0.15, -0.1) is 0 Å². The zero-order valence-electron chi connectivity index (χ0n) is 5.82. The van der Waals surface area contributed by atoms with E-state index in [2.05, 4.69) is 28.0 Å². The van der Waals surface area contributed by atoms with Crippen LogP contribution in [0.3, 0.4) is 0 Å². The molecule has 3 nitrogen and oxygen atoms in total. The fourth-order valence-electron chi connectivity index (χ4n) is 0.267. The molecule has 58 valence electrons. The van der Waals surface area contributed by atoms with Crippen LogP contribution in [0.25, 0.3) is 0 Å². The molecule has 0 aromatic heterocycles. The Bertz CT molecular complexity index is 136. The van der Waals surface area contributed by atoms with Crippen molar-refractivity contribution >= 4 is 21.8 Å². The molecule has 0 aliphatic heterocycles. The molecule has 0 heterocycles. The standard InChI is InChI=1S/C6H10BrNO2/c1-5(2)4-10-8-6(9)3-7/h1,3-4H2,2H3,(H,8,9). The van der Waals surface area contributed by atoms with E-state index in [9.17, 15) is 4.79 Å². The monoisotopic (exact) mass is 207 g/mol. The summed E-state index contributed by atoms with van der Waals surface area (Å²) in [4.78, 5) is 15.2. The lowest BCUT2D eigenvalue weighted by Gasteiger charge is -2.01. The summed E-state index contributed by atoms with van der Waals surface area (Å²) >= 11 is 2.97. The molecule has 0 fully saturated rings. The molecule has 0 bridgehead atoms. The number of rotatable bonds is 4. The van der Waals surface area contributed by atoms with Crippen LogP contribution in [-0.4, -0.2) is 17.8 Å². The number of nitrogens with one attached hydrogen (secondary N) is 1. The predicted molar refractivity (Wildman–Crippen MR) is 42.7 cm³/mol. The zero-order chi connectivity index (χ0) is 7.98. The normalized spacial score (nSPS) is 9.00. The minimum atomic E-state index is -0.193. The molecular formula is C6H10BrNO2. The van der Waals surface area contributed by atoms with Crippen molar-refractivity contribution in [2.45, 2.75) is 6.92 Å². The van der Waals surface area contributed by atoms with Gasteiger partial charge in [-0.05, 0) is 6.92 Å². The second kappa shape index (κ2) is 5.44. The Morgan fingerprint density at radius 1 is 1.80 bits per heavy atom. The highest BCUT2D eigenvalue weighted by atomic mass is 79.9. The predicted octanol–water partition coefficient (Wildman–Crippen LogP) is 1.01. The van der Waals surface area contributed by atoms with Crippen molar-refractivity contribution in [1.29, 1.82) is 0 Å². The topological polar surface area (TPSA) is 38.3 Å². The zero-order valence-corrected chi connectivity index (χ0v) is 7.40. The van der Waals surface area contributed by atoms with E-state index >= 15 is 0 Å².